The molecule has 0 fully saturated rings. The van der Waals surface area contributed by atoms with Gasteiger partial charge in [0.25, 0.3) is 5.91 Å². The normalized spacial score (nSPS) is 10.3. The Kier molecular flexibility index (Phi) is 5.24. The highest BCUT2D eigenvalue weighted by Gasteiger charge is 2.16. The minimum absolute atomic E-state index is 0.216. The number of urea groups is 1. The van der Waals surface area contributed by atoms with E-state index in [0.717, 1.165) is 0 Å². The molecule has 0 atom stereocenters. The highest BCUT2D eigenvalue weighted by molar-refractivity contribution is 6.00. The summed E-state index contributed by atoms with van der Waals surface area (Å²) in [5.74, 6) is -1.39. The minimum Gasteiger partial charge on any atom is -0.321 e. The van der Waals surface area contributed by atoms with E-state index in [1.165, 1.54) is 6.07 Å². The fourth-order valence-corrected chi connectivity index (χ4v) is 1.84. The Hall–Kier alpha value is -2.96. The number of para-hydroxylation sites is 1. The van der Waals surface area contributed by atoms with Gasteiger partial charge < -0.3 is 16.0 Å². The van der Waals surface area contributed by atoms with Gasteiger partial charge in [-0.3, -0.25) is 4.79 Å². The van der Waals surface area contributed by atoms with Crippen LogP contribution in [0.15, 0.2) is 48.5 Å². The molecule has 5 nitrogen and oxygen atoms in total. The summed E-state index contributed by atoms with van der Waals surface area (Å²) in [4.78, 5) is 23.0. The van der Waals surface area contributed by atoms with Crippen LogP contribution in [-0.4, -0.2) is 18.4 Å². The van der Waals surface area contributed by atoms with Gasteiger partial charge in [0, 0.05) is 17.1 Å². The Morgan fingerprint density at radius 1 is 0.913 bits per heavy atom. The molecule has 0 saturated carbocycles. The number of hydrogen-bond donors (Lipinski definition) is 3. The van der Waals surface area contributed by atoms with Crippen molar-refractivity contribution in [3.05, 3.63) is 54.1 Å². The maximum atomic E-state index is 12.3. The maximum Gasteiger partial charge on any atom is 0.323 e. The molecule has 0 spiro atoms. The third-order valence-electron chi connectivity index (χ3n) is 2.98. The highest BCUT2D eigenvalue weighted by Crippen LogP contribution is 2.21. The molecule has 120 valence electrons. The molecule has 0 bridgehead atoms. The van der Waals surface area contributed by atoms with Gasteiger partial charge in [0.15, 0.2) is 0 Å². The summed E-state index contributed by atoms with van der Waals surface area (Å²) in [7, 11) is 0. The smallest absolute Gasteiger partial charge is 0.321 e. The molecule has 2 aromatic rings. The number of nitrogens with one attached hydrogen (secondary N) is 3. The maximum absolute atomic E-state index is 12.3. The summed E-state index contributed by atoms with van der Waals surface area (Å²) in [5, 5.41) is 7.31. The van der Waals surface area contributed by atoms with Crippen LogP contribution >= 0.6 is 0 Å². The van der Waals surface area contributed by atoms with E-state index in [1.54, 1.807) is 43.3 Å². The summed E-state index contributed by atoms with van der Waals surface area (Å²) < 4.78 is 24.6. The van der Waals surface area contributed by atoms with Gasteiger partial charge in [0.05, 0.1) is 0 Å². The van der Waals surface area contributed by atoms with E-state index in [9.17, 15) is 18.4 Å². The number of hydrogen-bond acceptors (Lipinski definition) is 2. The molecule has 0 aliphatic rings. The van der Waals surface area contributed by atoms with Crippen molar-refractivity contribution < 1.29 is 18.4 Å². The van der Waals surface area contributed by atoms with Gasteiger partial charge in [0.1, 0.15) is 0 Å². The quantitative estimate of drug-likeness (QED) is 0.801. The number of anilines is 3. The second-order valence-electron chi connectivity index (χ2n) is 4.76. The second-order valence-corrected chi connectivity index (χ2v) is 4.76. The molecule has 0 aliphatic heterocycles. The van der Waals surface area contributed by atoms with Crippen molar-refractivity contribution in [1.29, 1.82) is 0 Å². The van der Waals surface area contributed by atoms with Crippen LogP contribution in [0.2, 0.25) is 0 Å². The molecule has 0 radical (unpaired) electrons. The van der Waals surface area contributed by atoms with E-state index in [-0.39, 0.29) is 5.69 Å². The standard InChI is InChI=1S/C16H15F2N3O2/c1-10-7-8-12(9-13(10)21-15(22)14(17)18)20-16(23)19-11-5-3-2-4-6-11/h2-9,14H,1H3,(H,21,22)(H2,19,20,23). The SMILES string of the molecule is Cc1ccc(NC(=O)Nc2ccccc2)cc1NC(=O)C(F)F. The van der Waals surface area contributed by atoms with E-state index in [0.29, 0.717) is 16.9 Å². The molecule has 0 aromatic heterocycles. The van der Waals surface area contributed by atoms with Crippen molar-refractivity contribution in [2.75, 3.05) is 16.0 Å². The molecule has 0 unspecified atom stereocenters. The molecule has 7 heteroatoms. The van der Waals surface area contributed by atoms with Crippen molar-refractivity contribution in [3.63, 3.8) is 0 Å². The number of alkyl halides is 2. The highest BCUT2D eigenvalue weighted by atomic mass is 19.3. The average molecular weight is 319 g/mol. The molecule has 3 N–H and O–H groups in total. The van der Waals surface area contributed by atoms with E-state index in [4.69, 9.17) is 0 Å². The van der Waals surface area contributed by atoms with Crippen LogP contribution in [0.5, 0.6) is 0 Å². The van der Waals surface area contributed by atoms with Crippen molar-refractivity contribution in [2.24, 2.45) is 0 Å². The molecule has 0 saturated heterocycles. The molecule has 3 amide bonds. The Balaban J connectivity index is 2.05. The minimum atomic E-state index is -3.10. The van der Waals surface area contributed by atoms with Crippen LogP contribution in [0.1, 0.15) is 5.56 Å². The Labute approximate surface area is 131 Å². The third-order valence-corrected chi connectivity index (χ3v) is 2.98. The topological polar surface area (TPSA) is 70.2 Å². The first kappa shape index (κ1) is 16.4. The van der Waals surface area contributed by atoms with Crippen molar-refractivity contribution >= 4 is 29.0 Å². The lowest BCUT2D eigenvalue weighted by atomic mass is 10.2. The van der Waals surface area contributed by atoms with Gasteiger partial charge >= 0.3 is 12.5 Å². The monoisotopic (exact) mass is 319 g/mol. The van der Waals surface area contributed by atoms with Gasteiger partial charge in [-0.2, -0.15) is 8.78 Å². The van der Waals surface area contributed by atoms with Crippen molar-refractivity contribution in [3.8, 4) is 0 Å². The van der Waals surface area contributed by atoms with Gasteiger partial charge in [0.2, 0.25) is 0 Å². The van der Waals surface area contributed by atoms with Crippen LogP contribution in [0.4, 0.5) is 30.6 Å². The summed E-state index contributed by atoms with van der Waals surface area (Å²) >= 11 is 0. The fraction of sp³-hybridized carbons (Fsp3) is 0.125. The first-order chi connectivity index (χ1) is 11.0. The van der Waals surface area contributed by atoms with E-state index in [1.807, 2.05) is 6.07 Å². The second kappa shape index (κ2) is 7.35. The molecule has 2 aromatic carbocycles. The van der Waals surface area contributed by atoms with Crippen LogP contribution in [0.3, 0.4) is 0 Å². The number of halogens is 2. The van der Waals surface area contributed by atoms with Gasteiger partial charge in [-0.15, -0.1) is 0 Å². The molecule has 2 rings (SSSR count). The number of benzene rings is 2. The predicted molar refractivity (Wildman–Crippen MR) is 84.9 cm³/mol. The zero-order valence-corrected chi connectivity index (χ0v) is 12.3. The van der Waals surface area contributed by atoms with Crippen molar-refractivity contribution in [1.82, 2.24) is 0 Å². The summed E-state index contributed by atoms with van der Waals surface area (Å²) in [6, 6.07) is 13.0. The average Bonchev–Trinajstić information content (AvgIpc) is 2.51. The lowest BCUT2D eigenvalue weighted by molar-refractivity contribution is -0.126. The number of carbonyl (C=O) groups excluding carboxylic acids is 2. The van der Waals surface area contributed by atoms with Crippen LogP contribution in [-0.2, 0) is 4.79 Å². The molecule has 23 heavy (non-hydrogen) atoms. The number of amides is 3. The molecular formula is C16H15F2N3O2. The van der Waals surface area contributed by atoms with Crippen LogP contribution < -0.4 is 16.0 Å². The number of carbonyl (C=O) groups is 2. The zero-order chi connectivity index (χ0) is 16.8. The Bertz CT molecular complexity index is 706. The zero-order valence-electron chi connectivity index (χ0n) is 12.3. The Morgan fingerprint density at radius 2 is 1.57 bits per heavy atom. The van der Waals surface area contributed by atoms with Crippen LogP contribution in [0.25, 0.3) is 0 Å². The fourth-order valence-electron chi connectivity index (χ4n) is 1.84. The van der Waals surface area contributed by atoms with Crippen LogP contribution in [0, 0.1) is 6.92 Å². The van der Waals surface area contributed by atoms with E-state index < -0.39 is 18.4 Å². The summed E-state index contributed by atoms with van der Waals surface area (Å²) in [6.07, 6.45) is -3.10. The van der Waals surface area contributed by atoms with Gasteiger partial charge in [-0.25, -0.2) is 4.79 Å². The van der Waals surface area contributed by atoms with Gasteiger partial charge in [-0.05, 0) is 36.8 Å². The van der Waals surface area contributed by atoms with Crippen molar-refractivity contribution in [2.45, 2.75) is 13.3 Å². The van der Waals surface area contributed by atoms with E-state index in [2.05, 4.69) is 16.0 Å². The summed E-state index contributed by atoms with van der Waals surface area (Å²) in [5.41, 5.74) is 1.80. The Morgan fingerprint density at radius 3 is 2.22 bits per heavy atom. The number of aryl methyl sites for hydroxylation is 1. The lowest BCUT2D eigenvalue weighted by Gasteiger charge is -2.12. The first-order valence-electron chi connectivity index (χ1n) is 6.78. The first-order valence-corrected chi connectivity index (χ1v) is 6.78. The number of rotatable bonds is 4. The largest absolute Gasteiger partial charge is 0.323 e. The molecule has 0 aliphatic carbocycles. The summed E-state index contributed by atoms with van der Waals surface area (Å²) in [6.45, 7) is 1.66. The third kappa shape index (κ3) is 4.77. The molecule has 0 heterocycles. The predicted octanol–water partition coefficient (Wildman–Crippen LogP) is 3.84. The lowest BCUT2D eigenvalue weighted by Crippen LogP contribution is -2.21. The van der Waals surface area contributed by atoms with Gasteiger partial charge in [-0.1, -0.05) is 24.3 Å². The molecular weight excluding hydrogens is 304 g/mol. The van der Waals surface area contributed by atoms with E-state index >= 15 is 0 Å².